The van der Waals surface area contributed by atoms with Crippen LogP contribution in [0.2, 0.25) is 0 Å². The molecule has 0 saturated carbocycles. The highest BCUT2D eigenvalue weighted by molar-refractivity contribution is 7.13. The van der Waals surface area contributed by atoms with Crippen LogP contribution in [0.25, 0.3) is 10.4 Å². The maximum Gasteiger partial charge on any atom is 0.243 e. The number of aliphatic hydroxyl groups excluding tert-OH is 1. The first kappa shape index (κ1) is 30.2. The summed E-state index contributed by atoms with van der Waals surface area (Å²) in [7, 11) is 0. The third-order valence-electron chi connectivity index (χ3n) is 7.20. The van der Waals surface area contributed by atoms with E-state index in [9.17, 15) is 24.3 Å². The molecule has 4 atom stereocenters. The van der Waals surface area contributed by atoms with Gasteiger partial charge in [-0.1, -0.05) is 45.0 Å². The van der Waals surface area contributed by atoms with Crippen LogP contribution in [0.1, 0.15) is 57.7 Å². The fraction of sp³-hybridized carbons (Fsp3) is 0.536. The van der Waals surface area contributed by atoms with Gasteiger partial charge >= 0.3 is 0 Å². The molecule has 2 heterocycles. The molecule has 1 unspecified atom stereocenters. The highest BCUT2D eigenvalue weighted by Crippen LogP contribution is 2.38. The van der Waals surface area contributed by atoms with Crippen LogP contribution in [0, 0.1) is 24.2 Å². The number of aryl methyl sites for hydroxylation is 1. The van der Waals surface area contributed by atoms with Gasteiger partial charge < -0.3 is 26.8 Å². The summed E-state index contributed by atoms with van der Waals surface area (Å²) in [6, 6.07) is 6.94. The lowest BCUT2D eigenvalue weighted by molar-refractivity contribution is -0.149. The van der Waals surface area contributed by atoms with Gasteiger partial charge in [-0.15, -0.1) is 11.3 Å². The number of nitrogens with zero attached hydrogens (tertiary/aromatic N) is 2. The van der Waals surface area contributed by atoms with Crippen molar-refractivity contribution in [2.45, 2.75) is 72.1 Å². The van der Waals surface area contributed by atoms with Gasteiger partial charge in [0.1, 0.15) is 6.04 Å². The lowest BCUT2D eigenvalue weighted by Crippen LogP contribution is -2.53. The average Bonchev–Trinajstić information content (AvgIpc) is 3.46. The second kappa shape index (κ2) is 12.7. The van der Waals surface area contributed by atoms with Crippen LogP contribution in [-0.4, -0.2) is 57.3 Å². The highest BCUT2D eigenvalue weighted by atomic mass is 32.1. The van der Waals surface area contributed by atoms with Gasteiger partial charge in [-0.3, -0.25) is 19.2 Å². The van der Waals surface area contributed by atoms with Crippen molar-refractivity contribution in [2.75, 3.05) is 6.54 Å². The van der Waals surface area contributed by atoms with Gasteiger partial charge in [-0.05, 0) is 36.3 Å². The molecule has 1 fully saturated rings. The molecule has 10 nitrogen and oxygen atoms in total. The number of amides is 4. The molecule has 6 N–H and O–H groups in total. The largest absolute Gasteiger partial charge is 0.391 e. The number of hydrogen-bond acceptors (Lipinski definition) is 7. The Hall–Kier alpha value is -3.31. The average molecular weight is 558 g/mol. The number of thiazole rings is 1. The predicted molar refractivity (Wildman–Crippen MR) is 149 cm³/mol. The van der Waals surface area contributed by atoms with Crippen molar-refractivity contribution in [1.29, 1.82) is 0 Å². The number of primary amides is 2. The Morgan fingerprint density at radius 2 is 1.85 bits per heavy atom. The molecule has 0 aliphatic carbocycles. The van der Waals surface area contributed by atoms with Gasteiger partial charge in [-0.25, -0.2) is 4.98 Å². The third kappa shape index (κ3) is 7.63. The van der Waals surface area contributed by atoms with E-state index in [0.717, 1.165) is 21.7 Å². The first-order chi connectivity index (χ1) is 18.3. The first-order valence-corrected chi connectivity index (χ1v) is 14.0. The van der Waals surface area contributed by atoms with Crippen molar-refractivity contribution in [2.24, 2.45) is 28.7 Å². The van der Waals surface area contributed by atoms with Gasteiger partial charge in [0.15, 0.2) is 0 Å². The zero-order chi connectivity index (χ0) is 28.9. The smallest absolute Gasteiger partial charge is 0.243 e. The minimum atomic E-state index is -0.879. The summed E-state index contributed by atoms with van der Waals surface area (Å²) in [4.78, 5) is 57.5. The normalized spacial score (nSPS) is 18.9. The van der Waals surface area contributed by atoms with Gasteiger partial charge in [0, 0.05) is 31.8 Å². The van der Waals surface area contributed by atoms with Crippen molar-refractivity contribution in [3.8, 4) is 10.4 Å². The SMILES string of the molecule is Cc1ncsc1-c1ccc(CNC(=O)[C@@H]2C[C@@H](O)CN2C(=O)[C@@H](C(CCCC(N)=O)C(N)=O)C(C)(C)C)cc1. The van der Waals surface area contributed by atoms with Crippen LogP contribution in [0.5, 0.6) is 0 Å². The van der Waals surface area contributed by atoms with E-state index in [2.05, 4.69) is 10.3 Å². The number of β-amino-alcohol motifs (C(OH)–C–C–N with tert-alkyl or cyclic N) is 1. The summed E-state index contributed by atoms with van der Waals surface area (Å²) in [5.74, 6) is -3.62. The van der Waals surface area contributed by atoms with Crippen LogP contribution in [-0.2, 0) is 25.7 Å². The molecule has 11 heteroatoms. The lowest BCUT2D eigenvalue weighted by Gasteiger charge is -2.38. The maximum atomic E-state index is 13.9. The Labute approximate surface area is 233 Å². The second-order valence-corrected chi connectivity index (χ2v) is 12.1. The van der Waals surface area contributed by atoms with E-state index in [1.165, 1.54) is 4.90 Å². The summed E-state index contributed by atoms with van der Waals surface area (Å²) in [6.07, 6.45) is -0.157. The molecule has 1 saturated heterocycles. The first-order valence-electron chi connectivity index (χ1n) is 13.1. The molecule has 1 aromatic carbocycles. The number of rotatable bonds is 11. The number of nitrogens with one attached hydrogen (secondary N) is 1. The summed E-state index contributed by atoms with van der Waals surface area (Å²) < 4.78 is 0. The molecular weight excluding hydrogens is 518 g/mol. The number of carbonyl (C=O) groups is 4. The number of nitrogens with two attached hydrogens (primary N) is 2. The topological polar surface area (TPSA) is 169 Å². The van der Waals surface area contributed by atoms with Crippen molar-refractivity contribution >= 4 is 35.0 Å². The minimum Gasteiger partial charge on any atom is -0.391 e. The van der Waals surface area contributed by atoms with Crippen molar-refractivity contribution in [3.63, 3.8) is 0 Å². The quantitative estimate of drug-likeness (QED) is 0.330. The molecule has 4 amide bonds. The van der Waals surface area contributed by atoms with Crippen LogP contribution >= 0.6 is 11.3 Å². The fourth-order valence-corrected chi connectivity index (χ4v) is 6.07. The molecule has 3 rings (SSSR count). The Bertz CT molecular complexity index is 1190. The summed E-state index contributed by atoms with van der Waals surface area (Å²) >= 11 is 1.57. The van der Waals surface area contributed by atoms with Crippen molar-refractivity contribution < 1.29 is 24.3 Å². The second-order valence-electron chi connectivity index (χ2n) is 11.3. The molecule has 39 heavy (non-hydrogen) atoms. The van der Waals surface area contributed by atoms with Crippen LogP contribution in [0.15, 0.2) is 29.8 Å². The summed E-state index contributed by atoms with van der Waals surface area (Å²) in [6.45, 7) is 7.70. The number of benzene rings is 1. The van der Waals surface area contributed by atoms with Crippen LogP contribution in [0.3, 0.4) is 0 Å². The fourth-order valence-electron chi connectivity index (χ4n) is 5.26. The van der Waals surface area contributed by atoms with E-state index < -0.39 is 47.1 Å². The third-order valence-corrected chi connectivity index (χ3v) is 8.18. The number of hydrogen-bond donors (Lipinski definition) is 4. The zero-order valence-electron chi connectivity index (χ0n) is 23.0. The Balaban J connectivity index is 1.73. The van der Waals surface area contributed by atoms with E-state index in [1.54, 1.807) is 16.8 Å². The highest BCUT2D eigenvalue weighted by Gasteiger charge is 2.47. The number of aliphatic hydroxyl groups is 1. The molecule has 1 aliphatic heterocycles. The Morgan fingerprint density at radius 3 is 2.38 bits per heavy atom. The number of aromatic nitrogens is 1. The van der Waals surface area contributed by atoms with E-state index in [1.807, 2.05) is 52.0 Å². The molecular formula is C28H39N5O5S. The van der Waals surface area contributed by atoms with Crippen LogP contribution < -0.4 is 16.8 Å². The minimum absolute atomic E-state index is 0.0147. The molecule has 0 radical (unpaired) electrons. The zero-order valence-corrected chi connectivity index (χ0v) is 23.8. The molecule has 212 valence electrons. The monoisotopic (exact) mass is 557 g/mol. The van der Waals surface area contributed by atoms with E-state index in [-0.39, 0.29) is 38.3 Å². The van der Waals surface area contributed by atoms with Crippen molar-refractivity contribution in [1.82, 2.24) is 15.2 Å². The number of carbonyl (C=O) groups excluding carboxylic acids is 4. The van der Waals surface area contributed by atoms with Gasteiger partial charge in [0.05, 0.1) is 28.1 Å². The van der Waals surface area contributed by atoms with Gasteiger partial charge in [0.25, 0.3) is 0 Å². The molecule has 0 bridgehead atoms. The van der Waals surface area contributed by atoms with E-state index in [0.29, 0.717) is 6.42 Å². The Kier molecular flexibility index (Phi) is 9.84. The predicted octanol–water partition coefficient (Wildman–Crippen LogP) is 2.12. The van der Waals surface area contributed by atoms with Gasteiger partial charge in [-0.2, -0.15) is 0 Å². The van der Waals surface area contributed by atoms with Gasteiger partial charge in [0.2, 0.25) is 23.6 Å². The lowest BCUT2D eigenvalue weighted by atomic mass is 9.70. The summed E-state index contributed by atoms with van der Waals surface area (Å²) in [5, 5.41) is 13.3. The van der Waals surface area contributed by atoms with Crippen LogP contribution in [0.4, 0.5) is 0 Å². The van der Waals surface area contributed by atoms with E-state index in [4.69, 9.17) is 11.5 Å². The standard InChI is InChI=1S/C28H39N5O5S/c1-16-24(39-15-32-16)18-10-8-17(9-11-18)13-31-26(37)21-12-19(34)14-33(21)27(38)23(28(2,3)4)20(25(30)36)6-5-7-22(29)35/h8-11,15,19-21,23,34H,5-7,12-14H2,1-4H3,(H2,29,35)(H2,30,36)(H,31,37)/t19-,20?,21+,23-/m1/s1. The maximum absolute atomic E-state index is 13.9. The molecule has 2 aromatic rings. The molecule has 1 aliphatic rings. The molecule has 1 aromatic heterocycles. The van der Waals surface area contributed by atoms with E-state index >= 15 is 0 Å². The Morgan fingerprint density at radius 1 is 1.18 bits per heavy atom. The molecule has 0 spiro atoms. The number of likely N-dealkylation sites (tertiary alicyclic amines) is 1. The van der Waals surface area contributed by atoms with Crippen molar-refractivity contribution in [3.05, 3.63) is 41.0 Å². The summed E-state index contributed by atoms with van der Waals surface area (Å²) in [5.41, 5.74) is 15.0.